The van der Waals surface area contributed by atoms with Gasteiger partial charge in [0.05, 0.1) is 9.40 Å². The van der Waals surface area contributed by atoms with E-state index in [4.69, 9.17) is 15.2 Å². The molecule has 0 aliphatic carbocycles. The third-order valence-corrected chi connectivity index (χ3v) is 5.33. The number of benzene rings is 1. The molecule has 0 radical (unpaired) electrons. The van der Waals surface area contributed by atoms with E-state index in [0.717, 1.165) is 36.7 Å². The molecule has 2 aliphatic heterocycles. The molecule has 1 aromatic heterocycles. The Hall–Kier alpha value is -2.59. The first kappa shape index (κ1) is 17.8. The molecule has 27 heavy (non-hydrogen) atoms. The first-order valence-corrected chi connectivity index (χ1v) is 9.27. The molecule has 1 aromatic carbocycles. The molecule has 10 heteroatoms. The van der Waals surface area contributed by atoms with E-state index in [0.29, 0.717) is 23.2 Å². The molecular formula is C17H18BrN5O4. The van der Waals surface area contributed by atoms with Crippen LogP contribution in [0.15, 0.2) is 28.9 Å². The SMILES string of the molecule is Nc1ncc(Br)c(N2CCN(Cc3cccc4c3OCO4)CC2)c1[N+](=O)[O-]. The van der Waals surface area contributed by atoms with Crippen molar-refractivity contribution in [3.8, 4) is 11.5 Å². The highest BCUT2D eigenvalue weighted by atomic mass is 79.9. The molecule has 2 aliphatic rings. The Morgan fingerprint density at radius 1 is 1.26 bits per heavy atom. The van der Waals surface area contributed by atoms with Crippen LogP contribution in [-0.4, -0.2) is 47.8 Å². The minimum absolute atomic E-state index is 0.0716. The Labute approximate surface area is 163 Å². The lowest BCUT2D eigenvalue weighted by atomic mass is 10.1. The van der Waals surface area contributed by atoms with Gasteiger partial charge >= 0.3 is 5.69 Å². The van der Waals surface area contributed by atoms with Crippen LogP contribution in [0.25, 0.3) is 0 Å². The highest BCUT2D eigenvalue weighted by Gasteiger charge is 2.29. The molecule has 2 aromatic rings. The number of nitrogen functional groups attached to an aromatic ring is 1. The number of aromatic nitrogens is 1. The second-order valence-corrected chi connectivity index (χ2v) is 7.21. The fourth-order valence-electron chi connectivity index (χ4n) is 3.45. The number of hydrogen-bond donors (Lipinski definition) is 1. The molecule has 1 saturated heterocycles. The van der Waals surface area contributed by atoms with Crippen molar-refractivity contribution in [1.29, 1.82) is 0 Å². The number of halogens is 1. The van der Waals surface area contributed by atoms with E-state index < -0.39 is 4.92 Å². The van der Waals surface area contributed by atoms with Gasteiger partial charge in [0.15, 0.2) is 11.5 Å². The van der Waals surface area contributed by atoms with Crippen LogP contribution in [0.2, 0.25) is 0 Å². The molecule has 0 bridgehead atoms. The second kappa shape index (κ2) is 7.20. The van der Waals surface area contributed by atoms with Gasteiger partial charge in [0, 0.05) is 44.5 Å². The van der Waals surface area contributed by atoms with Crippen LogP contribution in [0.3, 0.4) is 0 Å². The van der Waals surface area contributed by atoms with Gasteiger partial charge in [-0.2, -0.15) is 0 Å². The summed E-state index contributed by atoms with van der Waals surface area (Å²) in [6.45, 7) is 3.81. The number of para-hydroxylation sites is 1. The number of nitrogens with two attached hydrogens (primary N) is 1. The van der Waals surface area contributed by atoms with Crippen LogP contribution in [0.5, 0.6) is 11.5 Å². The fraction of sp³-hybridized carbons (Fsp3) is 0.353. The Bertz CT molecular complexity index is 886. The van der Waals surface area contributed by atoms with Crippen molar-refractivity contribution in [2.24, 2.45) is 0 Å². The number of fused-ring (bicyclic) bond motifs is 1. The standard InChI is InChI=1S/C17H18BrN5O4/c18-12-8-20-17(19)15(23(24)25)14(12)22-6-4-21(5-7-22)9-11-2-1-3-13-16(11)27-10-26-13/h1-3,8H,4-7,9-10H2,(H2,19,20). The monoisotopic (exact) mass is 435 g/mol. The van der Waals surface area contributed by atoms with Crippen molar-refractivity contribution in [1.82, 2.24) is 9.88 Å². The van der Waals surface area contributed by atoms with Crippen LogP contribution in [0.4, 0.5) is 17.2 Å². The molecule has 1 fully saturated rings. The average Bonchev–Trinajstić information content (AvgIpc) is 3.14. The molecule has 0 saturated carbocycles. The van der Waals surface area contributed by atoms with Gasteiger partial charge in [-0.15, -0.1) is 0 Å². The summed E-state index contributed by atoms with van der Waals surface area (Å²) in [5, 5.41) is 11.5. The van der Waals surface area contributed by atoms with Gasteiger partial charge in [0.1, 0.15) is 5.69 Å². The van der Waals surface area contributed by atoms with Gasteiger partial charge in [-0.1, -0.05) is 12.1 Å². The van der Waals surface area contributed by atoms with Crippen LogP contribution in [0.1, 0.15) is 5.56 Å². The maximum atomic E-state index is 11.5. The summed E-state index contributed by atoms with van der Waals surface area (Å²) in [6.07, 6.45) is 1.51. The number of anilines is 2. The highest BCUT2D eigenvalue weighted by molar-refractivity contribution is 9.10. The first-order chi connectivity index (χ1) is 13.0. The average molecular weight is 436 g/mol. The molecule has 0 unspecified atom stereocenters. The normalized spacial score (nSPS) is 16.6. The molecule has 9 nitrogen and oxygen atoms in total. The van der Waals surface area contributed by atoms with Gasteiger partial charge in [0.2, 0.25) is 12.6 Å². The summed E-state index contributed by atoms with van der Waals surface area (Å²) >= 11 is 3.38. The van der Waals surface area contributed by atoms with Gasteiger partial charge in [-0.3, -0.25) is 15.0 Å². The van der Waals surface area contributed by atoms with E-state index in [1.54, 1.807) is 0 Å². The quantitative estimate of drug-likeness (QED) is 0.575. The van der Waals surface area contributed by atoms with E-state index in [9.17, 15) is 10.1 Å². The lowest BCUT2D eigenvalue weighted by Crippen LogP contribution is -2.46. The van der Waals surface area contributed by atoms with Gasteiger partial charge in [0.25, 0.3) is 0 Å². The third kappa shape index (κ3) is 3.37. The molecule has 142 valence electrons. The number of pyridine rings is 1. The molecule has 0 spiro atoms. The summed E-state index contributed by atoms with van der Waals surface area (Å²) in [7, 11) is 0. The zero-order valence-corrected chi connectivity index (χ0v) is 16.0. The van der Waals surface area contributed by atoms with E-state index >= 15 is 0 Å². The maximum absolute atomic E-state index is 11.5. The number of hydrogen-bond acceptors (Lipinski definition) is 8. The van der Waals surface area contributed by atoms with Crippen LogP contribution < -0.4 is 20.1 Å². The number of nitrogens with zero attached hydrogens (tertiary/aromatic N) is 4. The molecule has 4 rings (SSSR count). The third-order valence-electron chi connectivity index (χ3n) is 4.75. The molecule has 0 amide bonds. The van der Waals surface area contributed by atoms with E-state index in [-0.39, 0.29) is 18.3 Å². The maximum Gasteiger partial charge on any atom is 0.335 e. The smallest absolute Gasteiger partial charge is 0.335 e. The molecular weight excluding hydrogens is 418 g/mol. The Balaban J connectivity index is 1.48. The molecule has 3 heterocycles. The highest BCUT2D eigenvalue weighted by Crippen LogP contribution is 2.39. The fourth-order valence-corrected chi connectivity index (χ4v) is 3.99. The summed E-state index contributed by atoms with van der Waals surface area (Å²) in [5.74, 6) is 1.51. The largest absolute Gasteiger partial charge is 0.454 e. The van der Waals surface area contributed by atoms with Crippen molar-refractivity contribution in [2.75, 3.05) is 43.6 Å². The predicted octanol–water partition coefficient (Wildman–Crippen LogP) is 2.39. The van der Waals surface area contributed by atoms with Gasteiger partial charge < -0.3 is 20.1 Å². The zero-order chi connectivity index (χ0) is 19.0. The molecule has 2 N–H and O–H groups in total. The van der Waals surface area contributed by atoms with Gasteiger partial charge in [-0.05, 0) is 22.0 Å². The predicted molar refractivity (Wildman–Crippen MR) is 103 cm³/mol. The Morgan fingerprint density at radius 3 is 2.78 bits per heavy atom. The minimum atomic E-state index is -0.473. The minimum Gasteiger partial charge on any atom is -0.454 e. The van der Waals surface area contributed by atoms with Crippen molar-refractivity contribution < 1.29 is 14.4 Å². The Kier molecular flexibility index (Phi) is 4.75. The number of ether oxygens (including phenoxy) is 2. The first-order valence-electron chi connectivity index (χ1n) is 8.47. The van der Waals surface area contributed by atoms with E-state index in [1.807, 2.05) is 23.1 Å². The van der Waals surface area contributed by atoms with Crippen molar-refractivity contribution in [2.45, 2.75) is 6.54 Å². The summed E-state index contributed by atoms with van der Waals surface area (Å²) in [4.78, 5) is 19.1. The topological polar surface area (TPSA) is 107 Å². The van der Waals surface area contributed by atoms with Gasteiger partial charge in [-0.25, -0.2) is 4.98 Å². The summed E-state index contributed by atoms with van der Waals surface area (Å²) in [5.41, 5.74) is 7.17. The molecule has 0 atom stereocenters. The summed E-state index contributed by atoms with van der Waals surface area (Å²) < 4.78 is 11.6. The van der Waals surface area contributed by atoms with Crippen molar-refractivity contribution in [3.63, 3.8) is 0 Å². The van der Waals surface area contributed by atoms with Crippen LogP contribution >= 0.6 is 15.9 Å². The van der Waals surface area contributed by atoms with Crippen LogP contribution in [0, 0.1) is 10.1 Å². The number of piperazine rings is 1. The lowest BCUT2D eigenvalue weighted by molar-refractivity contribution is -0.383. The van der Waals surface area contributed by atoms with E-state index in [2.05, 4.69) is 25.8 Å². The second-order valence-electron chi connectivity index (χ2n) is 6.36. The lowest BCUT2D eigenvalue weighted by Gasteiger charge is -2.36. The van der Waals surface area contributed by atoms with Crippen molar-refractivity contribution >= 4 is 33.1 Å². The number of rotatable bonds is 4. The zero-order valence-electron chi connectivity index (χ0n) is 14.4. The van der Waals surface area contributed by atoms with E-state index in [1.165, 1.54) is 6.20 Å². The van der Waals surface area contributed by atoms with Crippen molar-refractivity contribution in [3.05, 3.63) is 44.5 Å². The van der Waals surface area contributed by atoms with Crippen LogP contribution in [-0.2, 0) is 6.54 Å². The number of nitro groups is 1. The summed E-state index contributed by atoms with van der Waals surface area (Å²) in [6, 6.07) is 5.89. The Morgan fingerprint density at radius 2 is 2.04 bits per heavy atom.